The van der Waals surface area contributed by atoms with Gasteiger partial charge >= 0.3 is 0 Å². The minimum Gasteiger partial charge on any atom is -0.258 e. The van der Waals surface area contributed by atoms with E-state index in [1.165, 1.54) is 11.1 Å². The van der Waals surface area contributed by atoms with E-state index < -0.39 is 0 Å². The Hall–Kier alpha value is -4.96. The zero-order valence-corrected chi connectivity index (χ0v) is 21.6. The standard InChI is InChI=1S/C34H28N4/c1-5-11-25(6-2)32-36-33(28-12-8-7-9-13-28)38-34(37-32)30-15-10-14-29(22-30)26-16-18-27(19-17-26)31-20-23(3)35-24(4)21-31/h5-22H,1-2H2,3-4H3/b25-11+. The van der Waals surface area contributed by atoms with Gasteiger partial charge in [-0.3, -0.25) is 4.98 Å². The number of hydrogen-bond acceptors (Lipinski definition) is 4. The SMILES string of the molecule is C=C/C=C(\C=C)c1nc(-c2ccccc2)nc(-c2cccc(-c3ccc(-c4cc(C)nc(C)c4)cc3)c2)n1. The topological polar surface area (TPSA) is 51.6 Å². The van der Waals surface area contributed by atoms with Crippen LogP contribution in [0.25, 0.3) is 50.6 Å². The summed E-state index contributed by atoms with van der Waals surface area (Å²) < 4.78 is 0. The van der Waals surface area contributed by atoms with Crippen LogP contribution in [0.1, 0.15) is 17.2 Å². The first-order valence-corrected chi connectivity index (χ1v) is 12.5. The summed E-state index contributed by atoms with van der Waals surface area (Å²) in [5.74, 6) is 1.77. The molecule has 0 aliphatic carbocycles. The summed E-state index contributed by atoms with van der Waals surface area (Å²) >= 11 is 0. The summed E-state index contributed by atoms with van der Waals surface area (Å²) in [6.07, 6.45) is 5.30. The molecule has 0 saturated carbocycles. The van der Waals surface area contributed by atoms with E-state index in [-0.39, 0.29) is 0 Å². The summed E-state index contributed by atoms with van der Waals surface area (Å²) in [6, 6.07) is 31.0. The molecular formula is C34H28N4. The molecule has 0 amide bonds. The Morgan fingerprint density at radius 3 is 1.76 bits per heavy atom. The highest BCUT2D eigenvalue weighted by atomic mass is 15.0. The Balaban J connectivity index is 1.55. The van der Waals surface area contributed by atoms with E-state index in [1.807, 2.05) is 62.4 Å². The van der Waals surface area contributed by atoms with Gasteiger partial charge in [0.25, 0.3) is 0 Å². The van der Waals surface area contributed by atoms with Crippen LogP contribution in [0.4, 0.5) is 0 Å². The first-order valence-electron chi connectivity index (χ1n) is 12.5. The molecule has 0 aliphatic heterocycles. The Morgan fingerprint density at radius 2 is 1.13 bits per heavy atom. The van der Waals surface area contributed by atoms with Crippen molar-refractivity contribution in [1.82, 2.24) is 19.9 Å². The molecule has 0 N–H and O–H groups in total. The van der Waals surface area contributed by atoms with Gasteiger partial charge in [-0.05, 0) is 54.3 Å². The molecule has 4 heteroatoms. The first-order chi connectivity index (χ1) is 18.5. The number of benzene rings is 3. The predicted molar refractivity (Wildman–Crippen MR) is 157 cm³/mol. The second-order valence-corrected chi connectivity index (χ2v) is 9.03. The minimum absolute atomic E-state index is 0.557. The lowest BCUT2D eigenvalue weighted by Crippen LogP contribution is -2.02. The van der Waals surface area contributed by atoms with Crippen LogP contribution in [-0.2, 0) is 0 Å². The lowest BCUT2D eigenvalue weighted by Gasteiger charge is -2.10. The number of hydrogen-bond donors (Lipinski definition) is 0. The van der Waals surface area contributed by atoms with Crippen LogP contribution < -0.4 is 0 Å². The lowest BCUT2D eigenvalue weighted by atomic mass is 9.98. The number of allylic oxidation sites excluding steroid dienone is 4. The fraction of sp³-hybridized carbons (Fsp3) is 0.0588. The van der Waals surface area contributed by atoms with Crippen molar-refractivity contribution in [2.24, 2.45) is 0 Å². The molecule has 0 saturated heterocycles. The zero-order chi connectivity index (χ0) is 26.5. The fourth-order valence-electron chi connectivity index (χ4n) is 4.41. The van der Waals surface area contributed by atoms with Crippen LogP contribution in [0.15, 0.2) is 122 Å². The number of nitrogens with zero attached hydrogens (tertiary/aromatic N) is 4. The molecule has 0 aliphatic rings. The van der Waals surface area contributed by atoms with Gasteiger partial charge in [0.05, 0.1) is 0 Å². The molecule has 0 fully saturated rings. The van der Waals surface area contributed by atoms with Gasteiger partial charge in [-0.1, -0.05) is 104 Å². The Morgan fingerprint density at radius 1 is 0.553 bits per heavy atom. The molecule has 0 atom stereocenters. The summed E-state index contributed by atoms with van der Waals surface area (Å²) in [5, 5.41) is 0. The molecule has 2 heterocycles. The van der Waals surface area contributed by atoms with Crippen LogP contribution in [0.2, 0.25) is 0 Å². The van der Waals surface area contributed by atoms with E-state index in [4.69, 9.17) is 15.0 Å². The maximum Gasteiger partial charge on any atom is 0.164 e. The third-order valence-electron chi connectivity index (χ3n) is 6.20. The molecule has 4 nitrogen and oxygen atoms in total. The predicted octanol–water partition coefficient (Wildman–Crippen LogP) is 8.31. The number of aromatic nitrogens is 4. The van der Waals surface area contributed by atoms with Crippen LogP contribution in [-0.4, -0.2) is 19.9 Å². The summed E-state index contributed by atoms with van der Waals surface area (Å²) in [7, 11) is 0. The van der Waals surface area contributed by atoms with Gasteiger partial charge in [0, 0.05) is 28.1 Å². The summed E-state index contributed by atoms with van der Waals surface area (Å²) in [5.41, 5.74) is 9.21. The highest BCUT2D eigenvalue weighted by Gasteiger charge is 2.13. The number of rotatable bonds is 7. The molecule has 0 unspecified atom stereocenters. The maximum atomic E-state index is 4.84. The van der Waals surface area contributed by atoms with E-state index in [1.54, 1.807) is 12.2 Å². The molecule has 3 aromatic carbocycles. The number of pyridine rings is 1. The third-order valence-corrected chi connectivity index (χ3v) is 6.20. The number of aryl methyl sites for hydroxylation is 2. The van der Waals surface area contributed by atoms with Crippen molar-refractivity contribution in [2.45, 2.75) is 13.8 Å². The van der Waals surface area contributed by atoms with Crippen molar-refractivity contribution in [2.75, 3.05) is 0 Å². The average molecular weight is 493 g/mol. The molecule has 5 aromatic rings. The van der Waals surface area contributed by atoms with E-state index in [0.717, 1.165) is 39.2 Å². The van der Waals surface area contributed by atoms with Crippen molar-refractivity contribution < 1.29 is 0 Å². The summed E-state index contributed by atoms with van der Waals surface area (Å²) in [4.78, 5) is 18.9. The normalized spacial score (nSPS) is 11.3. The third kappa shape index (κ3) is 5.40. The molecular weight excluding hydrogens is 464 g/mol. The van der Waals surface area contributed by atoms with Crippen molar-refractivity contribution >= 4 is 5.57 Å². The van der Waals surface area contributed by atoms with Gasteiger partial charge in [-0.2, -0.15) is 0 Å². The Labute approximate surface area is 223 Å². The summed E-state index contributed by atoms with van der Waals surface area (Å²) in [6.45, 7) is 11.8. The monoisotopic (exact) mass is 492 g/mol. The van der Waals surface area contributed by atoms with Gasteiger partial charge in [-0.25, -0.2) is 15.0 Å². The smallest absolute Gasteiger partial charge is 0.164 e. The van der Waals surface area contributed by atoms with Gasteiger partial charge in [0.1, 0.15) is 0 Å². The molecule has 184 valence electrons. The van der Waals surface area contributed by atoms with Crippen LogP contribution in [0, 0.1) is 13.8 Å². The largest absolute Gasteiger partial charge is 0.258 e. The lowest BCUT2D eigenvalue weighted by molar-refractivity contribution is 1.04. The van der Waals surface area contributed by atoms with E-state index >= 15 is 0 Å². The van der Waals surface area contributed by atoms with Crippen molar-refractivity contribution in [3.63, 3.8) is 0 Å². The highest BCUT2D eigenvalue weighted by molar-refractivity contribution is 5.76. The molecule has 5 rings (SSSR count). The molecule has 2 aromatic heterocycles. The van der Waals surface area contributed by atoms with Crippen LogP contribution in [0.3, 0.4) is 0 Å². The minimum atomic E-state index is 0.557. The molecule has 0 spiro atoms. The van der Waals surface area contributed by atoms with Gasteiger partial charge in [-0.15, -0.1) is 0 Å². The van der Waals surface area contributed by atoms with E-state index in [0.29, 0.717) is 17.5 Å². The van der Waals surface area contributed by atoms with Crippen LogP contribution >= 0.6 is 0 Å². The van der Waals surface area contributed by atoms with Gasteiger partial charge < -0.3 is 0 Å². The van der Waals surface area contributed by atoms with Gasteiger partial charge in [0.15, 0.2) is 17.5 Å². The molecule has 0 bridgehead atoms. The molecule has 38 heavy (non-hydrogen) atoms. The van der Waals surface area contributed by atoms with Crippen molar-refractivity contribution in [3.8, 4) is 45.0 Å². The van der Waals surface area contributed by atoms with E-state index in [2.05, 4.69) is 66.7 Å². The first kappa shape index (κ1) is 24.7. The van der Waals surface area contributed by atoms with Crippen molar-refractivity contribution in [3.05, 3.63) is 140 Å². The van der Waals surface area contributed by atoms with Crippen LogP contribution in [0.5, 0.6) is 0 Å². The van der Waals surface area contributed by atoms with E-state index in [9.17, 15) is 0 Å². The Bertz CT molecular complexity index is 1630. The fourth-order valence-corrected chi connectivity index (χ4v) is 4.41. The average Bonchev–Trinajstić information content (AvgIpc) is 2.96. The zero-order valence-electron chi connectivity index (χ0n) is 21.6. The van der Waals surface area contributed by atoms with Gasteiger partial charge in [0.2, 0.25) is 0 Å². The highest BCUT2D eigenvalue weighted by Crippen LogP contribution is 2.29. The molecule has 0 radical (unpaired) electrons. The maximum absolute atomic E-state index is 4.84. The quantitative estimate of drug-likeness (QED) is 0.214. The second kappa shape index (κ2) is 11.0. The van der Waals surface area contributed by atoms with Crippen molar-refractivity contribution in [1.29, 1.82) is 0 Å². The Kier molecular flexibility index (Phi) is 7.14. The second-order valence-electron chi connectivity index (χ2n) is 9.03.